The third-order valence-electron chi connectivity index (χ3n) is 4.63. The van der Waals surface area contributed by atoms with Gasteiger partial charge in [0.15, 0.2) is 5.78 Å². The third kappa shape index (κ3) is 2.88. The minimum Gasteiger partial charge on any atom is -0.295 e. The van der Waals surface area contributed by atoms with Crippen LogP contribution in [0.15, 0.2) is 23.3 Å². The SMILES string of the molecule is CCC(=O)/C=C/C1=C(C)CCC(C)C1(C)CC. The lowest BCUT2D eigenvalue weighted by molar-refractivity contribution is -0.114. The molecule has 0 N–H and O–H groups in total. The van der Waals surface area contributed by atoms with Gasteiger partial charge in [0, 0.05) is 6.42 Å². The highest BCUT2D eigenvalue weighted by atomic mass is 16.1. The fraction of sp³-hybridized carbons (Fsp3) is 0.688. The molecule has 0 heterocycles. The molecule has 1 aliphatic carbocycles. The number of hydrogen-bond donors (Lipinski definition) is 0. The fourth-order valence-corrected chi connectivity index (χ4v) is 2.80. The Morgan fingerprint density at radius 2 is 2.12 bits per heavy atom. The zero-order valence-corrected chi connectivity index (χ0v) is 12.0. The molecule has 96 valence electrons. The Kier molecular flexibility index (Phi) is 4.73. The van der Waals surface area contributed by atoms with Gasteiger partial charge in [0.2, 0.25) is 0 Å². The first-order valence-electron chi connectivity index (χ1n) is 6.86. The molecule has 0 aliphatic heterocycles. The Morgan fingerprint density at radius 3 is 2.65 bits per heavy atom. The largest absolute Gasteiger partial charge is 0.295 e. The van der Waals surface area contributed by atoms with Gasteiger partial charge in [-0.05, 0) is 49.2 Å². The summed E-state index contributed by atoms with van der Waals surface area (Å²) >= 11 is 0. The summed E-state index contributed by atoms with van der Waals surface area (Å²) < 4.78 is 0. The van der Waals surface area contributed by atoms with Crippen LogP contribution in [0.1, 0.15) is 60.3 Å². The maximum absolute atomic E-state index is 11.4. The Bertz CT molecular complexity index is 349. The Morgan fingerprint density at radius 1 is 1.47 bits per heavy atom. The number of carbonyl (C=O) groups is 1. The van der Waals surface area contributed by atoms with Crippen LogP contribution in [0.25, 0.3) is 0 Å². The van der Waals surface area contributed by atoms with Gasteiger partial charge in [-0.1, -0.05) is 39.3 Å². The quantitative estimate of drug-likeness (QED) is 0.645. The van der Waals surface area contributed by atoms with E-state index in [0.29, 0.717) is 12.3 Å². The first-order valence-corrected chi connectivity index (χ1v) is 6.86. The van der Waals surface area contributed by atoms with Crippen LogP contribution >= 0.6 is 0 Å². The monoisotopic (exact) mass is 234 g/mol. The van der Waals surface area contributed by atoms with E-state index in [9.17, 15) is 4.79 Å². The molecule has 1 heteroatoms. The second-order valence-electron chi connectivity index (χ2n) is 5.56. The number of rotatable bonds is 4. The van der Waals surface area contributed by atoms with Crippen molar-refractivity contribution in [1.82, 2.24) is 0 Å². The summed E-state index contributed by atoms with van der Waals surface area (Å²) in [6, 6.07) is 0. The van der Waals surface area contributed by atoms with Gasteiger partial charge in [-0.15, -0.1) is 0 Å². The van der Waals surface area contributed by atoms with Gasteiger partial charge in [0.1, 0.15) is 0 Å². The van der Waals surface area contributed by atoms with Gasteiger partial charge in [0.05, 0.1) is 0 Å². The molecular formula is C16H26O. The molecule has 0 aromatic carbocycles. The molecule has 2 atom stereocenters. The molecule has 17 heavy (non-hydrogen) atoms. The highest BCUT2D eigenvalue weighted by Crippen LogP contribution is 2.47. The van der Waals surface area contributed by atoms with Crippen molar-refractivity contribution in [1.29, 1.82) is 0 Å². The number of carbonyl (C=O) groups excluding carboxylic acids is 1. The summed E-state index contributed by atoms with van der Waals surface area (Å²) in [7, 11) is 0. The molecule has 0 saturated carbocycles. The Labute approximate surface area is 106 Å². The molecule has 0 spiro atoms. The third-order valence-corrected chi connectivity index (χ3v) is 4.63. The van der Waals surface area contributed by atoms with Crippen LogP contribution in [0.4, 0.5) is 0 Å². The smallest absolute Gasteiger partial charge is 0.155 e. The van der Waals surface area contributed by atoms with E-state index >= 15 is 0 Å². The molecule has 1 rings (SSSR count). The van der Waals surface area contributed by atoms with Gasteiger partial charge in [-0.25, -0.2) is 0 Å². The summed E-state index contributed by atoms with van der Waals surface area (Å²) in [6.07, 6.45) is 8.05. The van der Waals surface area contributed by atoms with Crippen molar-refractivity contribution in [3.63, 3.8) is 0 Å². The second-order valence-corrected chi connectivity index (χ2v) is 5.56. The van der Waals surface area contributed by atoms with Crippen molar-refractivity contribution < 1.29 is 4.79 Å². The first-order chi connectivity index (χ1) is 7.95. The van der Waals surface area contributed by atoms with Crippen LogP contribution in [-0.4, -0.2) is 5.78 Å². The molecule has 0 radical (unpaired) electrons. The summed E-state index contributed by atoms with van der Waals surface area (Å²) in [5.74, 6) is 0.926. The zero-order chi connectivity index (χ0) is 13.1. The summed E-state index contributed by atoms with van der Waals surface area (Å²) in [6.45, 7) is 11.1. The van der Waals surface area contributed by atoms with E-state index < -0.39 is 0 Å². The van der Waals surface area contributed by atoms with E-state index in [1.807, 2.05) is 6.92 Å². The summed E-state index contributed by atoms with van der Waals surface area (Å²) in [5, 5.41) is 0. The van der Waals surface area contributed by atoms with E-state index in [1.54, 1.807) is 6.08 Å². The standard InChI is InChI=1S/C16H26O/c1-6-14(17)10-11-15-12(3)8-9-13(4)16(15,5)7-2/h10-11,13H,6-9H2,1-5H3/b11-10+. The fourth-order valence-electron chi connectivity index (χ4n) is 2.80. The molecule has 0 aromatic rings. The average Bonchev–Trinajstić information content (AvgIpc) is 2.33. The molecule has 0 fully saturated rings. The van der Waals surface area contributed by atoms with Crippen LogP contribution in [0, 0.1) is 11.3 Å². The predicted octanol–water partition coefficient (Wildman–Crippen LogP) is 4.68. The first kappa shape index (κ1) is 14.2. The molecule has 0 saturated heterocycles. The number of ketones is 1. The molecule has 0 aromatic heterocycles. The van der Waals surface area contributed by atoms with Crippen LogP contribution in [0.2, 0.25) is 0 Å². The van der Waals surface area contributed by atoms with Crippen LogP contribution in [0.3, 0.4) is 0 Å². The van der Waals surface area contributed by atoms with E-state index in [0.717, 1.165) is 6.42 Å². The lowest BCUT2D eigenvalue weighted by atomic mass is 9.63. The maximum atomic E-state index is 11.4. The highest BCUT2D eigenvalue weighted by molar-refractivity contribution is 5.89. The topological polar surface area (TPSA) is 17.1 Å². The number of allylic oxidation sites excluding steroid dienone is 4. The van der Waals surface area contributed by atoms with Crippen molar-refractivity contribution in [2.45, 2.75) is 60.3 Å². The molecule has 0 bridgehead atoms. The number of hydrogen-bond acceptors (Lipinski definition) is 1. The lowest BCUT2D eigenvalue weighted by Crippen LogP contribution is -2.30. The summed E-state index contributed by atoms with van der Waals surface area (Å²) in [5.41, 5.74) is 3.11. The van der Waals surface area contributed by atoms with Crippen molar-refractivity contribution in [3.05, 3.63) is 23.3 Å². The zero-order valence-electron chi connectivity index (χ0n) is 12.0. The van der Waals surface area contributed by atoms with Gasteiger partial charge in [-0.3, -0.25) is 4.79 Å². The molecular weight excluding hydrogens is 208 g/mol. The average molecular weight is 234 g/mol. The molecule has 0 amide bonds. The van der Waals surface area contributed by atoms with Gasteiger partial charge in [-0.2, -0.15) is 0 Å². The predicted molar refractivity (Wildman–Crippen MR) is 73.9 cm³/mol. The Hall–Kier alpha value is -0.850. The van der Waals surface area contributed by atoms with Crippen LogP contribution in [-0.2, 0) is 4.79 Å². The van der Waals surface area contributed by atoms with Gasteiger partial charge in [0.25, 0.3) is 0 Å². The van der Waals surface area contributed by atoms with E-state index in [4.69, 9.17) is 0 Å². The van der Waals surface area contributed by atoms with Crippen molar-refractivity contribution in [2.24, 2.45) is 11.3 Å². The lowest BCUT2D eigenvalue weighted by Gasteiger charge is -2.41. The minimum absolute atomic E-state index is 0.224. The normalized spacial score (nSPS) is 30.1. The summed E-state index contributed by atoms with van der Waals surface area (Å²) in [4.78, 5) is 11.4. The van der Waals surface area contributed by atoms with Crippen molar-refractivity contribution >= 4 is 5.78 Å². The maximum Gasteiger partial charge on any atom is 0.155 e. The van der Waals surface area contributed by atoms with Gasteiger partial charge < -0.3 is 0 Å². The molecule has 1 nitrogen and oxygen atoms in total. The van der Waals surface area contributed by atoms with E-state index in [-0.39, 0.29) is 11.2 Å². The second kappa shape index (κ2) is 5.66. The molecule has 2 unspecified atom stereocenters. The van der Waals surface area contributed by atoms with E-state index in [1.165, 1.54) is 24.0 Å². The highest BCUT2D eigenvalue weighted by Gasteiger charge is 2.35. The van der Waals surface area contributed by atoms with Crippen LogP contribution < -0.4 is 0 Å². The Balaban J connectivity index is 3.06. The van der Waals surface area contributed by atoms with Crippen LogP contribution in [0.5, 0.6) is 0 Å². The van der Waals surface area contributed by atoms with E-state index in [2.05, 4.69) is 33.8 Å². The van der Waals surface area contributed by atoms with Gasteiger partial charge >= 0.3 is 0 Å². The minimum atomic E-state index is 0.224. The molecule has 1 aliphatic rings. The van der Waals surface area contributed by atoms with Crippen molar-refractivity contribution in [3.8, 4) is 0 Å². The van der Waals surface area contributed by atoms with Crippen molar-refractivity contribution in [2.75, 3.05) is 0 Å².